The molecule has 54 valence electrons. The minimum absolute atomic E-state index is 0.297. The first kappa shape index (κ1) is 7.02. The van der Waals surface area contributed by atoms with E-state index in [9.17, 15) is 8.42 Å². The maximum absolute atomic E-state index is 10.9. The standard InChI is InChI=1S/C5H10O3S/c1-8-5-3-2-4-9(5,6)7/h5H,2-4H2,1H3. The molecule has 9 heavy (non-hydrogen) atoms. The predicted octanol–water partition coefficient (Wildman–Crippen LogP) is 0.167. The van der Waals surface area contributed by atoms with E-state index in [2.05, 4.69) is 0 Å². The van der Waals surface area contributed by atoms with Crippen LogP contribution in [-0.4, -0.2) is 26.7 Å². The average molecular weight is 150 g/mol. The lowest BCUT2D eigenvalue weighted by molar-refractivity contribution is 0.163. The molecule has 3 nitrogen and oxygen atoms in total. The van der Waals surface area contributed by atoms with Gasteiger partial charge in [-0.15, -0.1) is 0 Å². The Labute approximate surface area is 54.9 Å². The van der Waals surface area contributed by atoms with Gasteiger partial charge in [0.2, 0.25) is 0 Å². The summed E-state index contributed by atoms with van der Waals surface area (Å²) in [5.74, 6) is 0.297. The normalized spacial score (nSPS) is 32.8. The Kier molecular flexibility index (Phi) is 1.77. The molecule has 0 aliphatic carbocycles. The number of hydrogen-bond acceptors (Lipinski definition) is 3. The van der Waals surface area contributed by atoms with E-state index in [4.69, 9.17) is 4.74 Å². The fraction of sp³-hybridized carbons (Fsp3) is 1.00. The van der Waals surface area contributed by atoms with Crippen molar-refractivity contribution in [3.8, 4) is 0 Å². The summed E-state index contributed by atoms with van der Waals surface area (Å²) in [6, 6.07) is 0. The maximum atomic E-state index is 10.9. The minimum Gasteiger partial charge on any atom is -0.366 e. The van der Waals surface area contributed by atoms with Gasteiger partial charge in [-0.2, -0.15) is 0 Å². The van der Waals surface area contributed by atoms with E-state index < -0.39 is 15.3 Å². The van der Waals surface area contributed by atoms with Gasteiger partial charge in [-0.3, -0.25) is 0 Å². The smallest absolute Gasteiger partial charge is 0.177 e. The van der Waals surface area contributed by atoms with Gasteiger partial charge < -0.3 is 4.74 Å². The molecule has 0 saturated carbocycles. The fourth-order valence-corrected chi connectivity index (χ4v) is 2.68. The molecule has 1 saturated heterocycles. The van der Waals surface area contributed by atoms with Crippen LogP contribution in [0.25, 0.3) is 0 Å². The molecule has 0 N–H and O–H groups in total. The van der Waals surface area contributed by atoms with Crippen LogP contribution in [0.2, 0.25) is 0 Å². The second-order valence-corrected chi connectivity index (χ2v) is 4.43. The highest BCUT2D eigenvalue weighted by Gasteiger charge is 2.30. The first-order valence-corrected chi connectivity index (χ1v) is 4.63. The monoisotopic (exact) mass is 150 g/mol. The summed E-state index contributed by atoms with van der Waals surface area (Å²) in [5, 5.41) is 0. The molecule has 1 atom stereocenters. The summed E-state index contributed by atoms with van der Waals surface area (Å²) in [6.07, 6.45) is 1.42. The van der Waals surface area contributed by atoms with E-state index in [0.29, 0.717) is 12.2 Å². The van der Waals surface area contributed by atoms with Gasteiger partial charge in [0, 0.05) is 7.11 Å². The second kappa shape index (κ2) is 2.27. The van der Waals surface area contributed by atoms with E-state index in [1.807, 2.05) is 0 Å². The van der Waals surface area contributed by atoms with Crippen molar-refractivity contribution >= 4 is 9.84 Å². The van der Waals surface area contributed by atoms with Crippen molar-refractivity contribution in [1.29, 1.82) is 0 Å². The van der Waals surface area contributed by atoms with E-state index in [0.717, 1.165) is 6.42 Å². The van der Waals surface area contributed by atoms with E-state index in [1.54, 1.807) is 0 Å². The zero-order chi connectivity index (χ0) is 6.91. The second-order valence-electron chi connectivity index (χ2n) is 2.17. The topological polar surface area (TPSA) is 43.4 Å². The summed E-state index contributed by atoms with van der Waals surface area (Å²) in [5.41, 5.74) is -0.516. The summed E-state index contributed by atoms with van der Waals surface area (Å²) >= 11 is 0. The summed E-state index contributed by atoms with van der Waals surface area (Å²) in [6.45, 7) is 0. The minimum atomic E-state index is -2.86. The number of sulfone groups is 1. The SMILES string of the molecule is COC1CCCS1(=O)=O. The third-order valence-corrected chi connectivity index (χ3v) is 3.62. The average Bonchev–Trinajstić information content (AvgIpc) is 2.08. The van der Waals surface area contributed by atoms with Crippen LogP contribution >= 0.6 is 0 Å². The van der Waals surface area contributed by atoms with Gasteiger partial charge in [0.05, 0.1) is 5.75 Å². The quantitative estimate of drug-likeness (QED) is 0.535. The zero-order valence-corrected chi connectivity index (χ0v) is 6.15. The van der Waals surface area contributed by atoms with Gasteiger partial charge in [-0.05, 0) is 12.8 Å². The molecule has 4 heteroatoms. The molecular formula is C5H10O3S. The van der Waals surface area contributed by atoms with Crippen LogP contribution in [0.5, 0.6) is 0 Å². The predicted molar refractivity (Wildman–Crippen MR) is 33.8 cm³/mol. The molecule has 1 rings (SSSR count). The molecule has 0 aromatic heterocycles. The molecule has 0 aromatic rings. The molecule has 0 amide bonds. The molecule has 0 radical (unpaired) electrons. The van der Waals surface area contributed by atoms with Gasteiger partial charge in [-0.25, -0.2) is 8.42 Å². The number of hydrogen-bond donors (Lipinski definition) is 0. The van der Waals surface area contributed by atoms with Crippen LogP contribution in [0.4, 0.5) is 0 Å². The Morgan fingerprint density at radius 1 is 1.56 bits per heavy atom. The van der Waals surface area contributed by atoms with Crippen molar-refractivity contribution in [3.05, 3.63) is 0 Å². The van der Waals surface area contributed by atoms with Crippen LogP contribution in [-0.2, 0) is 14.6 Å². The Morgan fingerprint density at radius 2 is 2.22 bits per heavy atom. The Bertz CT molecular complexity index is 182. The van der Waals surface area contributed by atoms with Crippen molar-refractivity contribution in [1.82, 2.24) is 0 Å². The molecule has 0 bridgehead atoms. The highest BCUT2D eigenvalue weighted by molar-refractivity contribution is 7.92. The molecule has 1 fully saturated rings. The van der Waals surface area contributed by atoms with Gasteiger partial charge in [0.1, 0.15) is 0 Å². The molecule has 1 aliphatic rings. The molecule has 1 unspecified atom stereocenters. The number of ether oxygens (including phenoxy) is 1. The molecule has 1 heterocycles. The van der Waals surface area contributed by atoms with Crippen LogP contribution in [0.1, 0.15) is 12.8 Å². The van der Waals surface area contributed by atoms with Gasteiger partial charge in [0.15, 0.2) is 15.3 Å². The highest BCUT2D eigenvalue weighted by Crippen LogP contribution is 2.19. The molecule has 1 aliphatic heterocycles. The molecule has 0 spiro atoms. The van der Waals surface area contributed by atoms with Crippen molar-refractivity contribution in [3.63, 3.8) is 0 Å². The Morgan fingerprint density at radius 3 is 2.44 bits per heavy atom. The highest BCUT2D eigenvalue weighted by atomic mass is 32.2. The summed E-state index contributed by atoms with van der Waals surface area (Å²) in [4.78, 5) is 0. The fourth-order valence-electron chi connectivity index (χ4n) is 1.03. The summed E-state index contributed by atoms with van der Waals surface area (Å²) in [7, 11) is -1.42. The molecule has 0 aromatic carbocycles. The number of rotatable bonds is 1. The van der Waals surface area contributed by atoms with Crippen molar-refractivity contribution in [2.75, 3.05) is 12.9 Å². The lowest BCUT2D eigenvalue weighted by Gasteiger charge is -2.03. The largest absolute Gasteiger partial charge is 0.366 e. The first-order chi connectivity index (χ1) is 4.17. The van der Waals surface area contributed by atoms with Crippen molar-refractivity contribution in [2.45, 2.75) is 18.3 Å². The van der Waals surface area contributed by atoms with Crippen LogP contribution in [0, 0.1) is 0 Å². The maximum Gasteiger partial charge on any atom is 0.177 e. The van der Waals surface area contributed by atoms with E-state index >= 15 is 0 Å². The van der Waals surface area contributed by atoms with Gasteiger partial charge >= 0.3 is 0 Å². The Balaban J connectivity index is 2.75. The van der Waals surface area contributed by atoms with Crippen molar-refractivity contribution in [2.24, 2.45) is 0 Å². The van der Waals surface area contributed by atoms with Crippen LogP contribution in [0.15, 0.2) is 0 Å². The third-order valence-electron chi connectivity index (χ3n) is 1.53. The van der Waals surface area contributed by atoms with E-state index in [1.165, 1.54) is 7.11 Å². The van der Waals surface area contributed by atoms with Crippen molar-refractivity contribution < 1.29 is 13.2 Å². The van der Waals surface area contributed by atoms with Gasteiger partial charge in [0.25, 0.3) is 0 Å². The lowest BCUT2D eigenvalue weighted by Crippen LogP contribution is -2.17. The van der Waals surface area contributed by atoms with Crippen LogP contribution in [0.3, 0.4) is 0 Å². The Hall–Kier alpha value is -0.0900. The van der Waals surface area contributed by atoms with Crippen LogP contribution < -0.4 is 0 Å². The number of methoxy groups -OCH3 is 1. The summed E-state index contributed by atoms with van der Waals surface area (Å²) < 4.78 is 26.5. The van der Waals surface area contributed by atoms with E-state index in [-0.39, 0.29) is 0 Å². The third kappa shape index (κ3) is 1.24. The first-order valence-electron chi connectivity index (χ1n) is 2.91. The zero-order valence-electron chi connectivity index (χ0n) is 5.33. The van der Waals surface area contributed by atoms with Gasteiger partial charge in [-0.1, -0.05) is 0 Å². The molecular weight excluding hydrogens is 140 g/mol. The lowest BCUT2D eigenvalue weighted by atomic mass is 10.4.